The van der Waals surface area contributed by atoms with Crippen molar-refractivity contribution in [3.05, 3.63) is 0 Å². The molecule has 0 aromatic carbocycles. The first-order chi connectivity index (χ1) is 10.6. The number of piperidine rings is 1. The monoisotopic (exact) mass is 311 g/mol. The number of hydrogen-bond donors (Lipinski definition) is 1. The Bertz CT molecular complexity index is 373. The summed E-state index contributed by atoms with van der Waals surface area (Å²) in [6, 6.07) is 0.325. The van der Waals surface area contributed by atoms with Crippen molar-refractivity contribution in [2.24, 2.45) is 0 Å². The number of morpholine rings is 1. The Balaban J connectivity index is 1.68. The first kappa shape index (κ1) is 17.2. The molecule has 0 aromatic rings. The van der Waals surface area contributed by atoms with Crippen LogP contribution in [0.3, 0.4) is 0 Å². The van der Waals surface area contributed by atoms with Gasteiger partial charge in [0.25, 0.3) is 0 Å². The number of amides is 2. The molecule has 2 heterocycles. The molecule has 0 aliphatic carbocycles. The SMILES string of the molecule is CC1CCCC(C)N1C(=O)C(=O)NCCCN1CCOCC1. The van der Waals surface area contributed by atoms with Gasteiger partial charge in [-0.2, -0.15) is 0 Å². The van der Waals surface area contributed by atoms with E-state index in [0.717, 1.165) is 58.5 Å². The number of nitrogens with zero attached hydrogens (tertiary/aromatic N) is 2. The highest BCUT2D eigenvalue weighted by molar-refractivity contribution is 6.35. The van der Waals surface area contributed by atoms with E-state index in [1.54, 1.807) is 4.90 Å². The van der Waals surface area contributed by atoms with Crippen LogP contribution in [0.15, 0.2) is 0 Å². The van der Waals surface area contributed by atoms with E-state index in [1.807, 2.05) is 13.8 Å². The van der Waals surface area contributed by atoms with Gasteiger partial charge >= 0.3 is 11.8 Å². The summed E-state index contributed by atoms with van der Waals surface area (Å²) in [5, 5.41) is 2.77. The third-order valence-electron chi connectivity index (χ3n) is 4.66. The van der Waals surface area contributed by atoms with Gasteiger partial charge in [0.15, 0.2) is 0 Å². The van der Waals surface area contributed by atoms with Crippen molar-refractivity contribution in [1.82, 2.24) is 15.1 Å². The molecule has 0 saturated carbocycles. The van der Waals surface area contributed by atoms with E-state index in [-0.39, 0.29) is 18.0 Å². The van der Waals surface area contributed by atoms with E-state index in [4.69, 9.17) is 4.74 Å². The Hall–Kier alpha value is -1.14. The lowest BCUT2D eigenvalue weighted by Gasteiger charge is -2.38. The predicted octanol–water partition coefficient (Wildman–Crippen LogP) is 0.614. The van der Waals surface area contributed by atoms with Crippen molar-refractivity contribution in [1.29, 1.82) is 0 Å². The maximum absolute atomic E-state index is 12.3. The van der Waals surface area contributed by atoms with Crippen LogP contribution >= 0.6 is 0 Å². The lowest BCUT2D eigenvalue weighted by Crippen LogP contribution is -2.53. The fraction of sp³-hybridized carbons (Fsp3) is 0.875. The van der Waals surface area contributed by atoms with Gasteiger partial charge in [-0.3, -0.25) is 14.5 Å². The highest BCUT2D eigenvalue weighted by Crippen LogP contribution is 2.22. The fourth-order valence-electron chi connectivity index (χ4n) is 3.34. The summed E-state index contributed by atoms with van der Waals surface area (Å²) in [4.78, 5) is 28.4. The third kappa shape index (κ3) is 4.68. The van der Waals surface area contributed by atoms with Gasteiger partial charge in [0.2, 0.25) is 0 Å². The molecular weight excluding hydrogens is 282 g/mol. The quantitative estimate of drug-likeness (QED) is 0.610. The molecule has 2 aliphatic heterocycles. The zero-order valence-corrected chi connectivity index (χ0v) is 13.8. The van der Waals surface area contributed by atoms with Crippen molar-refractivity contribution in [3.8, 4) is 0 Å². The van der Waals surface area contributed by atoms with E-state index < -0.39 is 5.91 Å². The third-order valence-corrected chi connectivity index (χ3v) is 4.66. The molecule has 2 saturated heterocycles. The van der Waals surface area contributed by atoms with E-state index in [2.05, 4.69) is 10.2 Å². The Morgan fingerprint density at radius 1 is 1.14 bits per heavy atom. The van der Waals surface area contributed by atoms with Crippen LogP contribution < -0.4 is 5.32 Å². The van der Waals surface area contributed by atoms with Crippen molar-refractivity contribution < 1.29 is 14.3 Å². The molecule has 6 nitrogen and oxygen atoms in total. The highest BCUT2D eigenvalue weighted by atomic mass is 16.5. The number of likely N-dealkylation sites (tertiary alicyclic amines) is 1. The number of rotatable bonds is 4. The second kappa shape index (κ2) is 8.48. The summed E-state index contributed by atoms with van der Waals surface area (Å²) < 4.78 is 5.30. The van der Waals surface area contributed by atoms with Gasteiger partial charge in [0.1, 0.15) is 0 Å². The summed E-state index contributed by atoms with van der Waals surface area (Å²) in [7, 11) is 0. The van der Waals surface area contributed by atoms with Crippen LogP contribution in [0.1, 0.15) is 39.5 Å². The lowest BCUT2D eigenvalue weighted by atomic mass is 9.97. The number of hydrogen-bond acceptors (Lipinski definition) is 4. The second-order valence-electron chi connectivity index (χ2n) is 6.40. The van der Waals surface area contributed by atoms with Crippen LogP contribution in [0, 0.1) is 0 Å². The molecule has 1 N–H and O–H groups in total. The minimum atomic E-state index is -0.456. The summed E-state index contributed by atoms with van der Waals surface area (Å²) in [6.07, 6.45) is 3.97. The maximum atomic E-state index is 12.3. The summed E-state index contributed by atoms with van der Waals surface area (Å²) in [5.41, 5.74) is 0. The second-order valence-corrected chi connectivity index (χ2v) is 6.40. The molecule has 2 aliphatic rings. The Labute approximate surface area is 133 Å². The fourth-order valence-corrected chi connectivity index (χ4v) is 3.34. The number of nitrogens with one attached hydrogen (secondary N) is 1. The first-order valence-corrected chi connectivity index (χ1v) is 8.50. The molecule has 2 fully saturated rings. The minimum absolute atomic E-state index is 0.162. The van der Waals surface area contributed by atoms with Crippen LogP contribution in [0.25, 0.3) is 0 Å². The summed E-state index contributed by atoms with van der Waals surface area (Å²) in [5.74, 6) is -0.825. The van der Waals surface area contributed by atoms with Gasteiger partial charge in [0, 0.05) is 31.7 Å². The molecule has 0 radical (unpaired) electrons. The van der Waals surface area contributed by atoms with Crippen LogP contribution in [0.2, 0.25) is 0 Å². The van der Waals surface area contributed by atoms with Crippen LogP contribution in [-0.2, 0) is 14.3 Å². The zero-order valence-electron chi connectivity index (χ0n) is 13.8. The van der Waals surface area contributed by atoms with Gasteiger partial charge in [-0.05, 0) is 46.1 Å². The Morgan fingerprint density at radius 2 is 1.77 bits per heavy atom. The maximum Gasteiger partial charge on any atom is 0.312 e. The molecule has 2 unspecified atom stereocenters. The number of carbonyl (C=O) groups is 2. The van der Waals surface area contributed by atoms with Crippen LogP contribution in [0.5, 0.6) is 0 Å². The normalized spacial score (nSPS) is 26.7. The van der Waals surface area contributed by atoms with Gasteiger partial charge < -0.3 is 15.0 Å². The smallest absolute Gasteiger partial charge is 0.312 e. The molecule has 126 valence electrons. The first-order valence-electron chi connectivity index (χ1n) is 8.50. The van der Waals surface area contributed by atoms with Crippen LogP contribution in [0.4, 0.5) is 0 Å². The van der Waals surface area contributed by atoms with Crippen molar-refractivity contribution in [2.75, 3.05) is 39.4 Å². The molecular formula is C16H29N3O3. The van der Waals surface area contributed by atoms with E-state index in [0.29, 0.717) is 6.54 Å². The van der Waals surface area contributed by atoms with Gasteiger partial charge in [-0.25, -0.2) is 0 Å². The Kier molecular flexibility index (Phi) is 6.64. The number of ether oxygens (including phenoxy) is 1. The average Bonchev–Trinajstić information content (AvgIpc) is 2.52. The van der Waals surface area contributed by atoms with Gasteiger partial charge in [-0.15, -0.1) is 0 Å². The van der Waals surface area contributed by atoms with E-state index in [9.17, 15) is 9.59 Å². The minimum Gasteiger partial charge on any atom is -0.379 e. The van der Waals surface area contributed by atoms with Gasteiger partial charge in [-0.1, -0.05) is 0 Å². The molecule has 6 heteroatoms. The largest absolute Gasteiger partial charge is 0.379 e. The lowest BCUT2D eigenvalue weighted by molar-refractivity contribution is -0.150. The average molecular weight is 311 g/mol. The van der Waals surface area contributed by atoms with Crippen molar-refractivity contribution in [2.45, 2.75) is 51.6 Å². The topological polar surface area (TPSA) is 61.9 Å². The molecule has 0 bridgehead atoms. The molecule has 2 atom stereocenters. The van der Waals surface area contributed by atoms with E-state index in [1.165, 1.54) is 0 Å². The molecule has 0 spiro atoms. The zero-order chi connectivity index (χ0) is 15.9. The van der Waals surface area contributed by atoms with Gasteiger partial charge in [0.05, 0.1) is 13.2 Å². The van der Waals surface area contributed by atoms with Crippen molar-refractivity contribution >= 4 is 11.8 Å². The molecule has 2 rings (SSSR count). The predicted molar refractivity (Wildman–Crippen MR) is 84.5 cm³/mol. The summed E-state index contributed by atoms with van der Waals surface area (Å²) in [6.45, 7) is 9.03. The molecule has 22 heavy (non-hydrogen) atoms. The molecule has 2 amide bonds. The van der Waals surface area contributed by atoms with E-state index >= 15 is 0 Å². The summed E-state index contributed by atoms with van der Waals surface area (Å²) >= 11 is 0. The standard InChI is InChI=1S/C16H29N3O3/c1-13-5-3-6-14(2)19(13)16(21)15(20)17-7-4-8-18-9-11-22-12-10-18/h13-14H,3-12H2,1-2H3,(H,17,20). The van der Waals surface area contributed by atoms with Crippen molar-refractivity contribution in [3.63, 3.8) is 0 Å². The Morgan fingerprint density at radius 3 is 2.41 bits per heavy atom. The molecule has 0 aromatic heterocycles. The van der Waals surface area contributed by atoms with Crippen LogP contribution in [-0.4, -0.2) is 73.1 Å². The highest BCUT2D eigenvalue weighted by Gasteiger charge is 2.32. The number of carbonyl (C=O) groups excluding carboxylic acids is 2.